The smallest absolute Gasteiger partial charge is 0.120 e. The normalized spacial score (nSPS) is 12.7. The van der Waals surface area contributed by atoms with E-state index in [0.29, 0.717) is 0 Å². The number of halogens is 1. The lowest BCUT2D eigenvalue weighted by molar-refractivity contribution is 0.504. The zero-order valence-corrected chi connectivity index (χ0v) is 10.1. The molecule has 0 bridgehead atoms. The van der Waals surface area contributed by atoms with Gasteiger partial charge in [-0.05, 0) is 42.7 Å². The first kappa shape index (κ1) is 10.4. The highest BCUT2D eigenvalue weighted by Crippen LogP contribution is 2.29. The summed E-state index contributed by atoms with van der Waals surface area (Å²) in [5.41, 5.74) is 2.44. The van der Waals surface area contributed by atoms with Gasteiger partial charge in [-0.1, -0.05) is 15.9 Å². The third-order valence-electron chi connectivity index (χ3n) is 2.35. The predicted molar refractivity (Wildman–Crippen MR) is 63.1 cm³/mol. The highest BCUT2D eigenvalue weighted by Gasteiger charge is 2.13. The molecule has 0 radical (unpaired) electrons. The van der Waals surface area contributed by atoms with Gasteiger partial charge in [0.05, 0.1) is 11.1 Å². The number of furan rings is 1. The minimum absolute atomic E-state index is 0.231. The van der Waals surface area contributed by atoms with Gasteiger partial charge in [0.25, 0.3) is 0 Å². The van der Waals surface area contributed by atoms with E-state index >= 15 is 0 Å². The number of rotatable bonds is 3. The third-order valence-corrected chi connectivity index (χ3v) is 3.09. The third kappa shape index (κ3) is 2.48. The van der Waals surface area contributed by atoms with E-state index in [0.717, 1.165) is 12.2 Å². The van der Waals surface area contributed by atoms with Crippen molar-refractivity contribution in [2.75, 3.05) is 0 Å². The van der Waals surface area contributed by atoms with Crippen molar-refractivity contribution in [2.24, 2.45) is 0 Å². The zero-order chi connectivity index (χ0) is 10.7. The summed E-state index contributed by atoms with van der Waals surface area (Å²) in [5, 5.41) is 0. The molecule has 78 valence electrons. The average Bonchev–Trinajstić information content (AvgIpc) is 2.66. The molecule has 2 heterocycles. The Morgan fingerprint density at radius 1 is 1.33 bits per heavy atom. The van der Waals surface area contributed by atoms with Gasteiger partial charge in [-0.2, -0.15) is 0 Å². The number of pyridine rings is 1. The van der Waals surface area contributed by atoms with Crippen LogP contribution in [0.15, 0.2) is 41.3 Å². The Labute approximate surface area is 97.5 Å². The fourth-order valence-corrected chi connectivity index (χ4v) is 2.37. The molecular weight excluding hydrogens is 254 g/mol. The monoisotopic (exact) mass is 265 g/mol. The van der Waals surface area contributed by atoms with E-state index in [1.165, 1.54) is 11.1 Å². The van der Waals surface area contributed by atoms with Crippen molar-refractivity contribution in [1.82, 2.24) is 4.98 Å². The fourth-order valence-electron chi connectivity index (χ4n) is 1.52. The predicted octanol–water partition coefficient (Wildman–Crippen LogP) is 3.66. The molecule has 0 fully saturated rings. The first-order chi connectivity index (χ1) is 7.27. The highest BCUT2D eigenvalue weighted by atomic mass is 79.9. The Bertz CT molecular complexity index is 424. The SMILES string of the molecule is Cc1ccoc1C(Br)Cc1ccncc1. The van der Waals surface area contributed by atoms with Gasteiger partial charge in [-0.3, -0.25) is 4.98 Å². The number of hydrogen-bond donors (Lipinski definition) is 0. The Balaban J connectivity index is 2.11. The van der Waals surface area contributed by atoms with Crippen molar-refractivity contribution in [3.63, 3.8) is 0 Å². The minimum Gasteiger partial charge on any atom is -0.468 e. The quantitative estimate of drug-likeness (QED) is 0.792. The summed E-state index contributed by atoms with van der Waals surface area (Å²) in [7, 11) is 0. The fraction of sp³-hybridized carbons (Fsp3) is 0.250. The van der Waals surface area contributed by atoms with Gasteiger partial charge in [0.15, 0.2) is 0 Å². The second-order valence-corrected chi connectivity index (χ2v) is 4.60. The maximum Gasteiger partial charge on any atom is 0.120 e. The lowest BCUT2D eigenvalue weighted by atomic mass is 10.1. The Morgan fingerprint density at radius 2 is 2.07 bits per heavy atom. The van der Waals surface area contributed by atoms with Crippen LogP contribution < -0.4 is 0 Å². The summed E-state index contributed by atoms with van der Waals surface area (Å²) in [5.74, 6) is 1.01. The Hall–Kier alpha value is -1.09. The molecular formula is C12H12BrNO. The molecule has 15 heavy (non-hydrogen) atoms. The van der Waals surface area contributed by atoms with Crippen LogP contribution in [0.3, 0.4) is 0 Å². The first-order valence-electron chi connectivity index (χ1n) is 4.84. The maximum atomic E-state index is 5.44. The van der Waals surface area contributed by atoms with Crippen LogP contribution >= 0.6 is 15.9 Å². The first-order valence-corrected chi connectivity index (χ1v) is 5.76. The van der Waals surface area contributed by atoms with Crippen LogP contribution in [0.2, 0.25) is 0 Å². The molecule has 0 N–H and O–H groups in total. The van der Waals surface area contributed by atoms with Crippen LogP contribution in [0.4, 0.5) is 0 Å². The molecule has 3 heteroatoms. The standard InChI is InChI=1S/C12H12BrNO/c1-9-4-7-15-12(9)11(13)8-10-2-5-14-6-3-10/h2-7,11H,8H2,1H3. The van der Waals surface area contributed by atoms with Crippen LogP contribution in [-0.2, 0) is 6.42 Å². The van der Waals surface area contributed by atoms with E-state index in [4.69, 9.17) is 4.42 Å². The number of aryl methyl sites for hydroxylation is 1. The van der Waals surface area contributed by atoms with E-state index < -0.39 is 0 Å². The summed E-state index contributed by atoms with van der Waals surface area (Å²) in [6, 6.07) is 6.02. The molecule has 2 aromatic heterocycles. The van der Waals surface area contributed by atoms with Crippen molar-refractivity contribution >= 4 is 15.9 Å². The summed E-state index contributed by atoms with van der Waals surface area (Å²) in [6.07, 6.45) is 6.26. The molecule has 2 nitrogen and oxygen atoms in total. The second kappa shape index (κ2) is 4.62. The average molecular weight is 266 g/mol. The molecule has 2 rings (SSSR count). The van der Waals surface area contributed by atoms with Gasteiger partial charge in [-0.25, -0.2) is 0 Å². The molecule has 0 amide bonds. The van der Waals surface area contributed by atoms with Crippen LogP contribution in [0.25, 0.3) is 0 Å². The lowest BCUT2D eigenvalue weighted by Gasteiger charge is -2.07. The minimum atomic E-state index is 0.231. The number of alkyl halides is 1. The molecule has 0 saturated heterocycles. The topological polar surface area (TPSA) is 26.0 Å². The molecule has 0 aliphatic heterocycles. The molecule has 0 saturated carbocycles. The second-order valence-electron chi connectivity index (χ2n) is 3.49. The summed E-state index contributed by atoms with van der Waals surface area (Å²) >= 11 is 3.64. The van der Waals surface area contributed by atoms with Gasteiger partial charge in [0.1, 0.15) is 5.76 Å². The van der Waals surface area contributed by atoms with Crippen molar-refractivity contribution in [1.29, 1.82) is 0 Å². The molecule has 0 aliphatic rings. The van der Waals surface area contributed by atoms with Gasteiger partial charge < -0.3 is 4.42 Å². The van der Waals surface area contributed by atoms with E-state index in [1.807, 2.05) is 30.6 Å². The van der Waals surface area contributed by atoms with E-state index in [-0.39, 0.29) is 4.83 Å². The van der Waals surface area contributed by atoms with Crippen LogP contribution in [-0.4, -0.2) is 4.98 Å². The van der Waals surface area contributed by atoms with Gasteiger partial charge in [0, 0.05) is 12.4 Å². The van der Waals surface area contributed by atoms with Gasteiger partial charge in [-0.15, -0.1) is 0 Å². The van der Waals surface area contributed by atoms with Crippen molar-refractivity contribution in [2.45, 2.75) is 18.2 Å². The van der Waals surface area contributed by atoms with Gasteiger partial charge >= 0.3 is 0 Å². The molecule has 0 spiro atoms. The highest BCUT2D eigenvalue weighted by molar-refractivity contribution is 9.09. The number of hydrogen-bond acceptors (Lipinski definition) is 2. The Kier molecular flexibility index (Phi) is 3.21. The van der Waals surface area contributed by atoms with Crippen LogP contribution in [0.1, 0.15) is 21.7 Å². The van der Waals surface area contributed by atoms with E-state index in [1.54, 1.807) is 6.26 Å². The summed E-state index contributed by atoms with van der Waals surface area (Å²) in [6.45, 7) is 2.06. The maximum absolute atomic E-state index is 5.44. The van der Waals surface area contributed by atoms with Gasteiger partial charge in [0.2, 0.25) is 0 Å². The number of aromatic nitrogens is 1. The van der Waals surface area contributed by atoms with Crippen LogP contribution in [0.5, 0.6) is 0 Å². The molecule has 1 unspecified atom stereocenters. The Morgan fingerprint density at radius 3 is 2.67 bits per heavy atom. The van der Waals surface area contributed by atoms with E-state index in [2.05, 4.69) is 27.8 Å². The number of nitrogens with zero attached hydrogens (tertiary/aromatic N) is 1. The zero-order valence-electron chi connectivity index (χ0n) is 8.48. The van der Waals surface area contributed by atoms with Crippen LogP contribution in [0, 0.1) is 6.92 Å². The lowest BCUT2D eigenvalue weighted by Crippen LogP contribution is -1.95. The summed E-state index contributed by atoms with van der Waals surface area (Å²) in [4.78, 5) is 4.23. The van der Waals surface area contributed by atoms with Crippen molar-refractivity contribution in [3.8, 4) is 0 Å². The molecule has 1 atom stereocenters. The summed E-state index contributed by atoms with van der Waals surface area (Å²) < 4.78 is 5.44. The van der Waals surface area contributed by atoms with Crippen molar-refractivity contribution < 1.29 is 4.42 Å². The largest absolute Gasteiger partial charge is 0.468 e. The van der Waals surface area contributed by atoms with Crippen molar-refractivity contribution in [3.05, 3.63) is 53.7 Å². The molecule has 0 aliphatic carbocycles. The van der Waals surface area contributed by atoms with E-state index in [9.17, 15) is 0 Å². The molecule has 2 aromatic rings. The molecule has 0 aromatic carbocycles.